The third kappa shape index (κ3) is 5.56. The van der Waals surface area contributed by atoms with E-state index in [9.17, 15) is 14.4 Å². The number of nitrogens with one attached hydrogen (secondary N) is 1. The molecule has 0 saturated heterocycles. The fourth-order valence-electron chi connectivity index (χ4n) is 2.47. The lowest BCUT2D eigenvalue weighted by atomic mass is 10.1. The quantitative estimate of drug-likeness (QED) is 0.504. The molecule has 0 atom stereocenters. The number of benzene rings is 1. The maximum atomic E-state index is 12.3. The van der Waals surface area contributed by atoms with Gasteiger partial charge in [-0.2, -0.15) is 0 Å². The van der Waals surface area contributed by atoms with Crippen molar-refractivity contribution in [1.82, 2.24) is 0 Å². The van der Waals surface area contributed by atoms with Gasteiger partial charge < -0.3 is 19.5 Å². The van der Waals surface area contributed by atoms with Crippen LogP contribution >= 0.6 is 11.3 Å². The summed E-state index contributed by atoms with van der Waals surface area (Å²) in [5.74, 6) is -0.692. The molecule has 150 valence electrons. The number of para-hydroxylation sites is 1. The van der Waals surface area contributed by atoms with E-state index in [1.165, 1.54) is 7.11 Å². The van der Waals surface area contributed by atoms with E-state index in [1.807, 2.05) is 30.3 Å². The second-order valence-corrected chi connectivity index (χ2v) is 6.81. The Morgan fingerprint density at radius 2 is 1.82 bits per heavy atom. The third-order valence-electron chi connectivity index (χ3n) is 3.81. The van der Waals surface area contributed by atoms with Crippen LogP contribution in [-0.4, -0.2) is 38.2 Å². The van der Waals surface area contributed by atoms with E-state index >= 15 is 0 Å². The molecule has 2 aromatic rings. The van der Waals surface area contributed by atoms with Crippen molar-refractivity contribution < 1.29 is 28.6 Å². The Balaban J connectivity index is 2.01. The summed E-state index contributed by atoms with van der Waals surface area (Å²) >= 11 is 0.999. The average molecular weight is 405 g/mol. The molecule has 0 aliphatic rings. The topological polar surface area (TPSA) is 90.9 Å². The van der Waals surface area contributed by atoms with Crippen molar-refractivity contribution in [3.05, 3.63) is 46.3 Å². The first-order chi connectivity index (χ1) is 13.5. The number of anilines is 1. The van der Waals surface area contributed by atoms with Crippen LogP contribution < -0.4 is 10.1 Å². The number of thiophene rings is 1. The van der Waals surface area contributed by atoms with Gasteiger partial charge in [0.1, 0.15) is 15.6 Å². The molecule has 0 radical (unpaired) electrons. The minimum absolute atomic E-state index is 0.182. The predicted molar refractivity (Wildman–Crippen MR) is 106 cm³/mol. The second kappa shape index (κ2) is 10.5. The minimum atomic E-state index is -0.589. The van der Waals surface area contributed by atoms with E-state index in [4.69, 9.17) is 14.2 Å². The van der Waals surface area contributed by atoms with Crippen LogP contribution in [0, 0.1) is 6.92 Å². The van der Waals surface area contributed by atoms with Crippen LogP contribution in [0.15, 0.2) is 30.3 Å². The lowest BCUT2D eigenvalue weighted by molar-refractivity contribution is -0.116. The summed E-state index contributed by atoms with van der Waals surface area (Å²) in [5, 5.41) is 2.99. The molecule has 0 unspecified atom stereocenters. The SMILES string of the molecule is CCOC(=O)c1c(NC(=O)CCCOc2ccccc2)sc(C(=O)OC)c1C. The molecule has 8 heteroatoms. The van der Waals surface area contributed by atoms with Gasteiger partial charge in [-0.3, -0.25) is 4.79 Å². The van der Waals surface area contributed by atoms with Crippen molar-refractivity contribution in [3.63, 3.8) is 0 Å². The summed E-state index contributed by atoms with van der Waals surface area (Å²) in [4.78, 5) is 36.7. The zero-order valence-electron chi connectivity index (χ0n) is 16.1. The van der Waals surface area contributed by atoms with E-state index in [-0.39, 0.29) is 34.4 Å². The standard InChI is InChI=1S/C20H23NO6S/c1-4-26-19(23)16-13(2)17(20(24)25-3)28-18(16)21-15(22)11-8-12-27-14-9-6-5-7-10-14/h5-7,9-10H,4,8,11-12H2,1-3H3,(H,21,22). The molecule has 1 aromatic carbocycles. The molecule has 0 saturated carbocycles. The van der Waals surface area contributed by atoms with E-state index in [2.05, 4.69) is 5.32 Å². The zero-order chi connectivity index (χ0) is 20.5. The summed E-state index contributed by atoms with van der Waals surface area (Å²) in [7, 11) is 1.26. The Morgan fingerprint density at radius 3 is 2.46 bits per heavy atom. The summed E-state index contributed by atoms with van der Waals surface area (Å²) in [6.45, 7) is 3.88. The van der Waals surface area contributed by atoms with Gasteiger partial charge in [-0.1, -0.05) is 18.2 Å². The van der Waals surface area contributed by atoms with Crippen molar-refractivity contribution in [1.29, 1.82) is 0 Å². The van der Waals surface area contributed by atoms with Gasteiger partial charge in [-0.15, -0.1) is 11.3 Å². The van der Waals surface area contributed by atoms with E-state index in [1.54, 1.807) is 13.8 Å². The molecular formula is C20H23NO6S. The summed E-state index contributed by atoms with van der Waals surface area (Å²) in [6.07, 6.45) is 0.712. The molecule has 28 heavy (non-hydrogen) atoms. The highest BCUT2D eigenvalue weighted by molar-refractivity contribution is 7.18. The lowest BCUT2D eigenvalue weighted by Gasteiger charge is -2.08. The van der Waals surface area contributed by atoms with Gasteiger partial charge in [-0.05, 0) is 38.0 Å². The summed E-state index contributed by atoms with van der Waals surface area (Å²) < 4.78 is 15.3. The molecule has 1 amide bonds. The van der Waals surface area contributed by atoms with Gasteiger partial charge in [0.05, 0.1) is 25.9 Å². The van der Waals surface area contributed by atoms with Gasteiger partial charge >= 0.3 is 11.9 Å². The van der Waals surface area contributed by atoms with Crippen molar-refractivity contribution in [3.8, 4) is 5.75 Å². The monoisotopic (exact) mass is 405 g/mol. The Kier molecular flexibility index (Phi) is 8.01. The summed E-state index contributed by atoms with van der Waals surface area (Å²) in [5.41, 5.74) is 0.610. The molecule has 0 fully saturated rings. The van der Waals surface area contributed by atoms with E-state index < -0.39 is 11.9 Å². The fourth-order valence-corrected chi connectivity index (χ4v) is 3.60. The highest BCUT2D eigenvalue weighted by Gasteiger charge is 2.26. The molecule has 0 bridgehead atoms. The Hall–Kier alpha value is -2.87. The number of carbonyl (C=O) groups is 3. The number of hydrogen-bond acceptors (Lipinski definition) is 7. The largest absolute Gasteiger partial charge is 0.494 e. The first-order valence-corrected chi connectivity index (χ1v) is 9.66. The Labute approximate surface area is 167 Å². The first-order valence-electron chi connectivity index (χ1n) is 8.84. The molecule has 0 spiro atoms. The molecule has 7 nitrogen and oxygen atoms in total. The Bertz CT molecular complexity index is 831. The Morgan fingerprint density at radius 1 is 1.11 bits per heavy atom. The lowest BCUT2D eigenvalue weighted by Crippen LogP contribution is -2.15. The highest BCUT2D eigenvalue weighted by Crippen LogP contribution is 2.34. The van der Waals surface area contributed by atoms with E-state index in [0.717, 1.165) is 17.1 Å². The average Bonchev–Trinajstić information content (AvgIpc) is 3.01. The maximum Gasteiger partial charge on any atom is 0.348 e. The smallest absolute Gasteiger partial charge is 0.348 e. The molecule has 1 aromatic heterocycles. The number of amides is 1. The number of ether oxygens (including phenoxy) is 3. The third-order valence-corrected chi connectivity index (χ3v) is 5.00. The maximum absolute atomic E-state index is 12.3. The van der Waals surface area contributed by atoms with Gasteiger partial charge in [-0.25, -0.2) is 9.59 Å². The van der Waals surface area contributed by atoms with Gasteiger partial charge in [0.15, 0.2) is 0 Å². The highest BCUT2D eigenvalue weighted by atomic mass is 32.1. The van der Waals surface area contributed by atoms with Gasteiger partial charge in [0, 0.05) is 6.42 Å². The van der Waals surface area contributed by atoms with Crippen molar-refractivity contribution in [2.75, 3.05) is 25.6 Å². The van der Waals surface area contributed by atoms with Crippen LogP contribution in [0.5, 0.6) is 5.75 Å². The van der Waals surface area contributed by atoms with Crippen LogP contribution in [0.4, 0.5) is 5.00 Å². The van der Waals surface area contributed by atoms with E-state index in [0.29, 0.717) is 18.6 Å². The number of esters is 2. The predicted octanol–water partition coefficient (Wildman–Crippen LogP) is 3.82. The van der Waals surface area contributed by atoms with Crippen molar-refractivity contribution >= 4 is 34.2 Å². The fraction of sp³-hybridized carbons (Fsp3) is 0.350. The van der Waals surface area contributed by atoms with Crippen molar-refractivity contribution in [2.45, 2.75) is 26.7 Å². The molecular weight excluding hydrogens is 382 g/mol. The van der Waals surface area contributed by atoms with Crippen molar-refractivity contribution in [2.24, 2.45) is 0 Å². The molecule has 2 rings (SSSR count). The first kappa shape index (κ1) is 21.4. The minimum Gasteiger partial charge on any atom is -0.494 e. The summed E-state index contributed by atoms with van der Waals surface area (Å²) in [6, 6.07) is 9.32. The number of carbonyl (C=O) groups excluding carboxylic acids is 3. The van der Waals surface area contributed by atoms with Crippen LogP contribution in [0.2, 0.25) is 0 Å². The second-order valence-electron chi connectivity index (χ2n) is 5.79. The normalized spacial score (nSPS) is 10.2. The van der Waals surface area contributed by atoms with Gasteiger partial charge in [0.2, 0.25) is 5.91 Å². The molecule has 1 N–H and O–H groups in total. The zero-order valence-corrected chi connectivity index (χ0v) is 16.9. The molecule has 0 aliphatic heterocycles. The number of hydrogen-bond donors (Lipinski definition) is 1. The van der Waals surface area contributed by atoms with Crippen LogP contribution in [0.1, 0.15) is 45.4 Å². The van der Waals surface area contributed by atoms with Crippen LogP contribution in [0.25, 0.3) is 0 Å². The molecule has 1 heterocycles. The number of methoxy groups -OCH3 is 1. The van der Waals surface area contributed by atoms with Crippen LogP contribution in [0.3, 0.4) is 0 Å². The number of rotatable bonds is 9. The molecule has 0 aliphatic carbocycles. The van der Waals surface area contributed by atoms with Crippen LogP contribution in [-0.2, 0) is 14.3 Å². The van der Waals surface area contributed by atoms with Gasteiger partial charge in [0.25, 0.3) is 0 Å².